The molecule has 5 rings (SSSR count). The molecule has 13 heteroatoms. The molecule has 0 bridgehead atoms. The van der Waals surface area contributed by atoms with Crippen LogP contribution in [0.2, 0.25) is 0 Å². The summed E-state index contributed by atoms with van der Waals surface area (Å²) in [6.45, 7) is 4.28. The van der Waals surface area contributed by atoms with E-state index in [2.05, 4.69) is 15.5 Å². The first-order chi connectivity index (χ1) is 22.7. The quantitative estimate of drug-likeness (QED) is 0.317. The van der Waals surface area contributed by atoms with Crippen molar-refractivity contribution in [3.05, 3.63) is 89.2 Å². The first-order valence-corrected chi connectivity index (χ1v) is 15.5. The number of nitrogens with zero attached hydrogens (tertiary/aromatic N) is 3. The molecule has 2 fully saturated rings. The molecular weight excluding hydrogens is 609 g/mol. The number of carboxylic acid groups (broad SMARTS) is 1. The van der Waals surface area contributed by atoms with E-state index in [1.54, 1.807) is 47.4 Å². The first kappa shape index (κ1) is 33.2. The van der Waals surface area contributed by atoms with E-state index in [0.29, 0.717) is 87.2 Å². The molecule has 47 heavy (non-hydrogen) atoms. The highest BCUT2D eigenvalue weighted by Gasteiger charge is 2.27. The molecule has 2 aliphatic heterocycles. The van der Waals surface area contributed by atoms with Crippen molar-refractivity contribution >= 4 is 35.2 Å². The minimum Gasteiger partial charge on any atom is -0.497 e. The fourth-order valence-electron chi connectivity index (χ4n) is 5.68. The van der Waals surface area contributed by atoms with Crippen molar-refractivity contribution in [3.63, 3.8) is 0 Å². The zero-order valence-electron chi connectivity index (χ0n) is 26.1. The van der Waals surface area contributed by atoms with Crippen LogP contribution < -0.4 is 20.3 Å². The second kappa shape index (κ2) is 15.4. The zero-order chi connectivity index (χ0) is 33.3. The Morgan fingerprint density at radius 3 is 2.32 bits per heavy atom. The number of amides is 4. The van der Waals surface area contributed by atoms with Crippen molar-refractivity contribution < 1.29 is 38.1 Å². The van der Waals surface area contributed by atoms with Crippen molar-refractivity contribution in [2.45, 2.75) is 18.9 Å². The molecule has 0 spiro atoms. The van der Waals surface area contributed by atoms with Gasteiger partial charge in [0.15, 0.2) is 0 Å². The number of hydrogen-bond acceptors (Lipinski definition) is 7. The van der Waals surface area contributed by atoms with Gasteiger partial charge in [-0.15, -0.1) is 0 Å². The van der Waals surface area contributed by atoms with Gasteiger partial charge in [-0.1, -0.05) is 18.2 Å². The van der Waals surface area contributed by atoms with Gasteiger partial charge < -0.3 is 39.9 Å². The highest BCUT2D eigenvalue weighted by Crippen LogP contribution is 2.30. The summed E-state index contributed by atoms with van der Waals surface area (Å²) >= 11 is 0. The first-order valence-electron chi connectivity index (χ1n) is 15.5. The Morgan fingerprint density at radius 1 is 0.872 bits per heavy atom. The second-order valence-electron chi connectivity index (χ2n) is 11.3. The Kier molecular flexibility index (Phi) is 10.9. The Labute approximate surface area is 272 Å². The number of anilines is 2. The largest absolute Gasteiger partial charge is 0.497 e. The van der Waals surface area contributed by atoms with Gasteiger partial charge in [-0.05, 0) is 60.5 Å². The number of ether oxygens (including phenoxy) is 2. The smallest absolute Gasteiger partial charge is 0.320 e. The second-order valence-corrected chi connectivity index (χ2v) is 11.3. The summed E-state index contributed by atoms with van der Waals surface area (Å²) in [5.74, 6) is -2.10. The van der Waals surface area contributed by atoms with E-state index < -0.39 is 36.1 Å². The molecule has 4 amide bonds. The van der Waals surface area contributed by atoms with E-state index in [0.717, 1.165) is 0 Å². The standard InChI is InChI=1S/C34H38FN5O7/c1-46-27-5-2-4-24(20-27)32(43)37-29-21-25(33(44)36-28(22-31(41)42)23-6-9-26(35)10-7-23)8-11-30(29)38-12-3-13-39(15-14-38)34(45)40-16-18-47-19-17-40/h2,4-11,20-21,28H,3,12-19,22H2,1H3,(H,36,44)(H,37,43)(H,41,42). The molecule has 3 N–H and O–H groups in total. The summed E-state index contributed by atoms with van der Waals surface area (Å²) in [5.41, 5.74) is 2.01. The Bertz CT molecular complexity index is 1600. The van der Waals surface area contributed by atoms with Crippen LogP contribution in [0.15, 0.2) is 66.7 Å². The fraction of sp³-hybridized carbons (Fsp3) is 0.353. The summed E-state index contributed by atoms with van der Waals surface area (Å²) in [4.78, 5) is 57.4. The molecular formula is C34H38FN5O7. The summed E-state index contributed by atoms with van der Waals surface area (Å²) in [5, 5.41) is 15.2. The van der Waals surface area contributed by atoms with Gasteiger partial charge in [0.2, 0.25) is 0 Å². The van der Waals surface area contributed by atoms with E-state index in [9.17, 15) is 28.7 Å². The molecule has 248 valence electrons. The number of benzene rings is 3. The van der Waals surface area contributed by atoms with Crippen molar-refractivity contribution in [3.8, 4) is 5.75 Å². The van der Waals surface area contributed by atoms with Crippen LogP contribution >= 0.6 is 0 Å². The number of morpholine rings is 1. The van der Waals surface area contributed by atoms with E-state index in [1.165, 1.54) is 31.4 Å². The Hall–Kier alpha value is -5.17. The molecule has 3 aromatic carbocycles. The number of hydrogen-bond donors (Lipinski definition) is 3. The number of aliphatic carboxylic acids is 1. The van der Waals surface area contributed by atoms with Crippen LogP contribution in [0.25, 0.3) is 0 Å². The Balaban J connectivity index is 1.40. The average Bonchev–Trinajstić information content (AvgIpc) is 3.34. The molecule has 1 atom stereocenters. The number of methoxy groups -OCH3 is 1. The van der Waals surface area contributed by atoms with Crippen LogP contribution in [0.1, 0.15) is 45.2 Å². The molecule has 0 radical (unpaired) electrons. The lowest BCUT2D eigenvalue weighted by molar-refractivity contribution is -0.137. The number of carboxylic acids is 1. The van der Waals surface area contributed by atoms with Gasteiger partial charge in [-0.3, -0.25) is 14.4 Å². The third-order valence-electron chi connectivity index (χ3n) is 8.18. The SMILES string of the molecule is COc1cccc(C(=O)Nc2cc(C(=O)NC(CC(=O)O)c3ccc(F)cc3)ccc2N2CCCN(C(=O)N3CCOCC3)CC2)c1. The highest BCUT2D eigenvalue weighted by molar-refractivity contribution is 6.07. The summed E-state index contributed by atoms with van der Waals surface area (Å²) in [6, 6.07) is 15.9. The number of halogens is 1. The molecule has 2 aliphatic rings. The van der Waals surface area contributed by atoms with Crippen LogP contribution in [-0.2, 0) is 9.53 Å². The maximum absolute atomic E-state index is 13.5. The normalized spacial score (nSPS) is 15.7. The molecule has 2 saturated heterocycles. The van der Waals surface area contributed by atoms with E-state index in [4.69, 9.17) is 9.47 Å². The molecule has 2 heterocycles. The molecule has 12 nitrogen and oxygen atoms in total. The zero-order valence-corrected chi connectivity index (χ0v) is 26.1. The van der Waals surface area contributed by atoms with Gasteiger partial charge in [0.05, 0.1) is 44.2 Å². The lowest BCUT2D eigenvalue weighted by Crippen LogP contribution is -2.49. The monoisotopic (exact) mass is 647 g/mol. The number of carbonyl (C=O) groups is 4. The summed E-state index contributed by atoms with van der Waals surface area (Å²) < 4.78 is 24.2. The number of nitrogens with one attached hydrogen (secondary N) is 2. The summed E-state index contributed by atoms with van der Waals surface area (Å²) in [7, 11) is 1.51. The van der Waals surface area contributed by atoms with Gasteiger partial charge in [0, 0.05) is 50.4 Å². The van der Waals surface area contributed by atoms with Gasteiger partial charge >= 0.3 is 12.0 Å². The van der Waals surface area contributed by atoms with E-state index in [1.807, 2.05) is 4.90 Å². The predicted molar refractivity (Wildman–Crippen MR) is 172 cm³/mol. The number of rotatable bonds is 9. The van der Waals surface area contributed by atoms with Gasteiger partial charge in [-0.2, -0.15) is 0 Å². The third-order valence-corrected chi connectivity index (χ3v) is 8.18. The summed E-state index contributed by atoms with van der Waals surface area (Å²) in [6.07, 6.45) is 0.276. The van der Waals surface area contributed by atoms with Gasteiger partial charge in [0.1, 0.15) is 11.6 Å². The maximum Gasteiger partial charge on any atom is 0.320 e. The minimum atomic E-state index is -1.14. The van der Waals surface area contributed by atoms with Gasteiger partial charge in [0.25, 0.3) is 11.8 Å². The van der Waals surface area contributed by atoms with E-state index >= 15 is 0 Å². The van der Waals surface area contributed by atoms with Crippen molar-refractivity contribution in [2.75, 3.05) is 69.8 Å². The molecule has 0 saturated carbocycles. The van der Waals surface area contributed by atoms with Crippen LogP contribution in [0.5, 0.6) is 5.75 Å². The topological polar surface area (TPSA) is 141 Å². The lowest BCUT2D eigenvalue weighted by atomic mass is 10.0. The molecule has 1 unspecified atom stereocenters. The number of carbonyl (C=O) groups excluding carboxylic acids is 3. The van der Waals surface area contributed by atoms with Crippen molar-refractivity contribution in [1.29, 1.82) is 0 Å². The molecule has 3 aromatic rings. The third kappa shape index (κ3) is 8.55. The lowest BCUT2D eigenvalue weighted by Gasteiger charge is -2.32. The van der Waals surface area contributed by atoms with Crippen LogP contribution in [0.4, 0.5) is 20.6 Å². The predicted octanol–water partition coefficient (Wildman–Crippen LogP) is 4.00. The maximum atomic E-state index is 13.5. The molecule has 0 aliphatic carbocycles. The van der Waals surface area contributed by atoms with E-state index in [-0.39, 0.29) is 11.6 Å². The Morgan fingerprint density at radius 2 is 1.60 bits per heavy atom. The fourth-order valence-corrected chi connectivity index (χ4v) is 5.68. The highest BCUT2D eigenvalue weighted by atomic mass is 19.1. The average molecular weight is 648 g/mol. The number of urea groups is 1. The minimum absolute atomic E-state index is 0.0224. The van der Waals surface area contributed by atoms with Crippen molar-refractivity contribution in [2.24, 2.45) is 0 Å². The van der Waals surface area contributed by atoms with Crippen LogP contribution in [0.3, 0.4) is 0 Å². The van der Waals surface area contributed by atoms with Crippen molar-refractivity contribution in [1.82, 2.24) is 15.1 Å². The van der Waals surface area contributed by atoms with Crippen LogP contribution in [-0.4, -0.2) is 98.3 Å². The van der Waals surface area contributed by atoms with Crippen LogP contribution in [0, 0.1) is 5.82 Å². The van der Waals surface area contributed by atoms with Gasteiger partial charge in [-0.25, -0.2) is 9.18 Å². The molecule has 0 aromatic heterocycles.